The van der Waals surface area contributed by atoms with E-state index >= 15 is 0 Å². The minimum absolute atomic E-state index is 0.151. The molecule has 9 aromatic carbocycles. The van der Waals surface area contributed by atoms with E-state index in [1.54, 1.807) is 0 Å². The van der Waals surface area contributed by atoms with Crippen LogP contribution in [-0.4, -0.2) is 0 Å². The molecule has 1 aliphatic carbocycles. The normalized spacial score (nSPS) is 13.4. The van der Waals surface area contributed by atoms with Crippen molar-refractivity contribution in [3.63, 3.8) is 0 Å². The van der Waals surface area contributed by atoms with Crippen LogP contribution in [0.4, 0.5) is 34.1 Å². The largest absolute Gasteiger partial charge is 0.310 e. The molecule has 294 valence electrons. The molecule has 60 heavy (non-hydrogen) atoms. The molecule has 0 aliphatic heterocycles. The molecule has 0 spiro atoms. The maximum atomic E-state index is 2.56. The van der Waals surface area contributed by atoms with Gasteiger partial charge in [0.1, 0.15) is 0 Å². The SMILES string of the molecule is Cc1ccccc1N(c1ccccc1)c1ccc2c3c(c4ccccc4c2c1)-c1cc2ccc(N(c4ccccc4)c4ccccc4)cc2cc1C3(C(C)(C)C)C(C)(C)C. The van der Waals surface area contributed by atoms with Gasteiger partial charge < -0.3 is 9.80 Å². The number of aryl methyl sites for hydroxylation is 1. The van der Waals surface area contributed by atoms with E-state index in [1.165, 1.54) is 65.8 Å². The van der Waals surface area contributed by atoms with Crippen molar-refractivity contribution >= 4 is 66.4 Å². The Hall–Kier alpha value is -6.64. The van der Waals surface area contributed by atoms with Crippen LogP contribution < -0.4 is 9.80 Å². The second-order valence-corrected chi connectivity index (χ2v) is 18.7. The van der Waals surface area contributed by atoms with Crippen LogP contribution in [0.25, 0.3) is 43.4 Å². The maximum absolute atomic E-state index is 2.56. The average Bonchev–Trinajstić information content (AvgIpc) is 3.57. The summed E-state index contributed by atoms with van der Waals surface area (Å²) in [6, 6.07) is 69.5. The Morgan fingerprint density at radius 1 is 0.383 bits per heavy atom. The molecule has 2 nitrogen and oxygen atoms in total. The molecule has 0 saturated carbocycles. The summed E-state index contributed by atoms with van der Waals surface area (Å²) >= 11 is 0. The third-order valence-electron chi connectivity index (χ3n) is 13.2. The lowest BCUT2D eigenvalue weighted by Crippen LogP contribution is -2.50. The minimum atomic E-state index is -0.341. The highest BCUT2D eigenvalue weighted by molar-refractivity contribution is 6.20. The second kappa shape index (κ2) is 14.0. The summed E-state index contributed by atoms with van der Waals surface area (Å²) in [5, 5.41) is 7.71. The van der Waals surface area contributed by atoms with Crippen molar-refractivity contribution in [1.29, 1.82) is 0 Å². The molecule has 0 aromatic heterocycles. The first-order valence-corrected chi connectivity index (χ1v) is 21.4. The fraction of sp³-hybridized carbons (Fsp3) is 0.172. The fourth-order valence-electron chi connectivity index (χ4n) is 11.2. The highest BCUT2D eigenvalue weighted by Gasteiger charge is 2.58. The van der Waals surface area contributed by atoms with Gasteiger partial charge in [-0.1, -0.05) is 151 Å². The summed E-state index contributed by atoms with van der Waals surface area (Å²) in [6.45, 7) is 17.0. The number of hydrogen-bond acceptors (Lipinski definition) is 2. The molecule has 10 rings (SSSR count). The molecule has 0 N–H and O–H groups in total. The molecule has 0 radical (unpaired) electrons. The molecular weight excluding hydrogens is 725 g/mol. The zero-order chi connectivity index (χ0) is 41.4. The summed E-state index contributed by atoms with van der Waals surface area (Å²) in [5.41, 5.74) is 13.1. The molecular formula is C58H52N2. The van der Waals surface area contributed by atoms with Crippen LogP contribution in [0.15, 0.2) is 188 Å². The van der Waals surface area contributed by atoms with Gasteiger partial charge in [-0.15, -0.1) is 0 Å². The van der Waals surface area contributed by atoms with Crippen molar-refractivity contribution < 1.29 is 0 Å². The Morgan fingerprint density at radius 2 is 0.900 bits per heavy atom. The Bertz CT molecular complexity index is 3010. The molecule has 0 saturated heterocycles. The van der Waals surface area contributed by atoms with Gasteiger partial charge in [-0.2, -0.15) is 0 Å². The lowest BCUT2D eigenvalue weighted by Gasteiger charge is -2.53. The van der Waals surface area contributed by atoms with Crippen LogP contribution in [0.1, 0.15) is 58.2 Å². The highest BCUT2D eigenvalue weighted by atomic mass is 15.1. The van der Waals surface area contributed by atoms with E-state index in [0.717, 1.165) is 28.4 Å². The molecule has 0 bridgehead atoms. The van der Waals surface area contributed by atoms with Crippen LogP contribution in [0.5, 0.6) is 0 Å². The maximum Gasteiger partial charge on any atom is 0.0490 e. The molecule has 2 heteroatoms. The lowest BCUT2D eigenvalue weighted by atomic mass is 9.49. The summed E-state index contributed by atoms with van der Waals surface area (Å²) in [7, 11) is 0. The van der Waals surface area contributed by atoms with Crippen LogP contribution in [0.2, 0.25) is 0 Å². The molecule has 0 heterocycles. The lowest BCUT2D eigenvalue weighted by molar-refractivity contribution is 0.0965. The van der Waals surface area contributed by atoms with E-state index in [9.17, 15) is 0 Å². The molecule has 9 aromatic rings. The summed E-state index contributed by atoms with van der Waals surface area (Å²) in [6.07, 6.45) is 0. The molecule has 0 atom stereocenters. The predicted octanol–water partition coefficient (Wildman–Crippen LogP) is 16.8. The quantitative estimate of drug-likeness (QED) is 0.155. The minimum Gasteiger partial charge on any atom is -0.310 e. The van der Waals surface area contributed by atoms with E-state index in [1.807, 2.05) is 0 Å². The molecule has 0 unspecified atom stereocenters. The number of benzene rings is 9. The van der Waals surface area contributed by atoms with Gasteiger partial charge in [0.2, 0.25) is 0 Å². The van der Waals surface area contributed by atoms with Gasteiger partial charge in [0.25, 0.3) is 0 Å². The number of nitrogens with zero attached hydrogens (tertiary/aromatic N) is 2. The standard InChI is InChI=1S/C58H52N2/c1-39-21-17-20-30-53(39)60(44-26-15-10-16-27-44)46-33-34-49-50(38-46)47-28-18-19-29-48(47)54-51-36-40-31-32-45(59(42-22-11-8-12-23-42)43-24-13-9-14-25-43)35-41(40)37-52(51)58(55(49)54,56(2,3)4)57(5,6)7/h8-38H,1-7H3. The van der Waals surface area contributed by atoms with Crippen molar-refractivity contribution in [3.05, 3.63) is 205 Å². The second-order valence-electron chi connectivity index (χ2n) is 18.7. The number of fused-ring (bicyclic) bond motifs is 9. The topological polar surface area (TPSA) is 6.48 Å². The van der Waals surface area contributed by atoms with Crippen molar-refractivity contribution in [3.8, 4) is 11.1 Å². The zero-order valence-electron chi connectivity index (χ0n) is 35.8. The van der Waals surface area contributed by atoms with Crippen LogP contribution in [0, 0.1) is 17.8 Å². The van der Waals surface area contributed by atoms with Gasteiger partial charge in [-0.3, -0.25) is 0 Å². The number of anilines is 6. The number of rotatable bonds is 6. The van der Waals surface area contributed by atoms with Crippen molar-refractivity contribution in [2.24, 2.45) is 10.8 Å². The third kappa shape index (κ3) is 5.69. The van der Waals surface area contributed by atoms with Gasteiger partial charge in [-0.25, -0.2) is 0 Å². The van der Waals surface area contributed by atoms with Crippen molar-refractivity contribution in [2.75, 3.05) is 9.80 Å². The van der Waals surface area contributed by atoms with Crippen LogP contribution in [-0.2, 0) is 5.41 Å². The van der Waals surface area contributed by atoms with Crippen molar-refractivity contribution in [2.45, 2.75) is 53.9 Å². The van der Waals surface area contributed by atoms with Crippen molar-refractivity contribution in [1.82, 2.24) is 0 Å². The van der Waals surface area contributed by atoms with Crippen LogP contribution in [0.3, 0.4) is 0 Å². The van der Waals surface area contributed by atoms with E-state index in [-0.39, 0.29) is 16.2 Å². The Labute approximate surface area is 355 Å². The Kier molecular flexibility index (Phi) is 8.77. The number of hydrogen-bond donors (Lipinski definition) is 0. The van der Waals surface area contributed by atoms with E-state index in [4.69, 9.17) is 0 Å². The molecule has 0 fully saturated rings. The summed E-state index contributed by atoms with van der Waals surface area (Å²) < 4.78 is 0. The number of para-hydroxylation sites is 4. The fourth-order valence-corrected chi connectivity index (χ4v) is 11.2. The molecule has 1 aliphatic rings. The summed E-state index contributed by atoms with van der Waals surface area (Å²) in [4.78, 5) is 4.79. The Balaban J connectivity index is 1.27. The van der Waals surface area contributed by atoms with E-state index in [0.29, 0.717) is 0 Å². The molecule has 0 amide bonds. The smallest absolute Gasteiger partial charge is 0.0490 e. The monoisotopic (exact) mass is 776 g/mol. The van der Waals surface area contributed by atoms with Gasteiger partial charge in [-0.05, 0) is 157 Å². The average molecular weight is 777 g/mol. The summed E-state index contributed by atoms with van der Waals surface area (Å²) in [5.74, 6) is 0. The van der Waals surface area contributed by atoms with Gasteiger partial charge in [0.05, 0.1) is 0 Å². The highest BCUT2D eigenvalue weighted by Crippen LogP contribution is 2.67. The predicted molar refractivity (Wildman–Crippen MR) is 258 cm³/mol. The van der Waals surface area contributed by atoms with Gasteiger partial charge in [0.15, 0.2) is 0 Å². The zero-order valence-corrected chi connectivity index (χ0v) is 35.8. The first-order valence-electron chi connectivity index (χ1n) is 21.4. The van der Waals surface area contributed by atoms with Gasteiger partial charge in [0, 0.05) is 39.5 Å². The third-order valence-corrected chi connectivity index (χ3v) is 13.2. The van der Waals surface area contributed by atoms with Gasteiger partial charge >= 0.3 is 0 Å². The Morgan fingerprint density at radius 3 is 1.50 bits per heavy atom. The first-order chi connectivity index (χ1) is 29.0. The first kappa shape index (κ1) is 37.6. The van der Waals surface area contributed by atoms with E-state index < -0.39 is 0 Å². The van der Waals surface area contributed by atoms with E-state index in [2.05, 4.69) is 246 Å². The van der Waals surface area contributed by atoms with Crippen LogP contribution >= 0.6 is 0 Å².